The zero-order valence-electron chi connectivity index (χ0n) is 7.18. The molecule has 1 aliphatic heterocycles. The second kappa shape index (κ2) is 3.04. The summed E-state index contributed by atoms with van der Waals surface area (Å²) in [6.07, 6.45) is 3.90. The number of rotatable bonds is 3. The molecule has 0 bridgehead atoms. The minimum absolute atomic E-state index is 0.199. The van der Waals surface area contributed by atoms with Crippen LogP contribution in [0, 0.1) is 16.7 Å². The van der Waals surface area contributed by atoms with E-state index >= 15 is 0 Å². The van der Waals surface area contributed by atoms with E-state index in [2.05, 4.69) is 11.4 Å². The van der Waals surface area contributed by atoms with Crippen molar-refractivity contribution in [3.8, 4) is 6.07 Å². The lowest BCUT2D eigenvalue weighted by Crippen LogP contribution is -2.51. The highest BCUT2D eigenvalue weighted by Crippen LogP contribution is 2.27. The molecule has 0 spiro atoms. The van der Waals surface area contributed by atoms with Crippen LogP contribution in [0.2, 0.25) is 0 Å². The van der Waals surface area contributed by atoms with Crippen molar-refractivity contribution in [3.63, 3.8) is 0 Å². The predicted octanol–water partition coefficient (Wildman–Crippen LogP) is 0.669. The van der Waals surface area contributed by atoms with Gasteiger partial charge in [-0.1, -0.05) is 6.42 Å². The van der Waals surface area contributed by atoms with Crippen molar-refractivity contribution in [1.82, 2.24) is 5.32 Å². The zero-order chi connectivity index (χ0) is 8.44. The first kappa shape index (κ1) is 8.03. The van der Waals surface area contributed by atoms with Gasteiger partial charge >= 0.3 is 0 Å². The molecule has 2 rings (SSSR count). The van der Waals surface area contributed by atoms with E-state index in [0.29, 0.717) is 19.3 Å². The van der Waals surface area contributed by atoms with Gasteiger partial charge in [0.05, 0.1) is 19.3 Å². The van der Waals surface area contributed by atoms with Crippen LogP contribution in [0.3, 0.4) is 0 Å². The Morgan fingerprint density at radius 3 is 2.58 bits per heavy atom. The second-order valence-electron chi connectivity index (χ2n) is 3.89. The number of nitrogens with zero attached hydrogens (tertiary/aromatic N) is 1. The number of ether oxygens (including phenoxy) is 1. The van der Waals surface area contributed by atoms with Crippen molar-refractivity contribution >= 4 is 0 Å². The van der Waals surface area contributed by atoms with Crippen LogP contribution >= 0.6 is 0 Å². The Hall–Kier alpha value is -0.590. The van der Waals surface area contributed by atoms with Gasteiger partial charge in [0.1, 0.15) is 5.41 Å². The van der Waals surface area contributed by atoms with Gasteiger partial charge in [-0.05, 0) is 12.8 Å². The number of hydrogen-bond acceptors (Lipinski definition) is 3. The third kappa shape index (κ3) is 1.33. The fourth-order valence-corrected chi connectivity index (χ4v) is 1.51. The van der Waals surface area contributed by atoms with Crippen LogP contribution in [-0.4, -0.2) is 25.8 Å². The molecule has 0 atom stereocenters. The van der Waals surface area contributed by atoms with Crippen molar-refractivity contribution in [2.45, 2.75) is 25.3 Å². The monoisotopic (exact) mass is 166 g/mol. The van der Waals surface area contributed by atoms with Crippen LogP contribution < -0.4 is 5.32 Å². The van der Waals surface area contributed by atoms with E-state index in [0.717, 1.165) is 6.54 Å². The van der Waals surface area contributed by atoms with E-state index in [4.69, 9.17) is 10.00 Å². The van der Waals surface area contributed by atoms with Gasteiger partial charge in [0.15, 0.2) is 0 Å². The lowest BCUT2D eigenvalue weighted by molar-refractivity contribution is -0.0772. The zero-order valence-corrected chi connectivity index (χ0v) is 7.18. The fraction of sp³-hybridized carbons (Fsp3) is 0.889. The second-order valence-corrected chi connectivity index (χ2v) is 3.89. The molecular formula is C9H14N2O. The summed E-state index contributed by atoms with van der Waals surface area (Å²) >= 11 is 0. The molecule has 2 aliphatic rings. The normalized spacial score (nSPS) is 26.9. The summed E-state index contributed by atoms with van der Waals surface area (Å²) < 4.78 is 5.05. The van der Waals surface area contributed by atoms with Crippen LogP contribution in [-0.2, 0) is 4.74 Å². The Balaban J connectivity index is 1.74. The van der Waals surface area contributed by atoms with E-state index < -0.39 is 0 Å². The summed E-state index contributed by atoms with van der Waals surface area (Å²) in [5.74, 6) is 0. The van der Waals surface area contributed by atoms with Gasteiger partial charge in [-0.25, -0.2) is 0 Å². The molecule has 12 heavy (non-hydrogen) atoms. The summed E-state index contributed by atoms with van der Waals surface area (Å²) in [5, 5.41) is 12.3. The van der Waals surface area contributed by atoms with Crippen molar-refractivity contribution in [2.24, 2.45) is 5.41 Å². The summed E-state index contributed by atoms with van der Waals surface area (Å²) in [6.45, 7) is 2.04. The molecule has 0 radical (unpaired) electrons. The van der Waals surface area contributed by atoms with Crippen LogP contribution in [0.25, 0.3) is 0 Å². The molecular weight excluding hydrogens is 152 g/mol. The Morgan fingerprint density at radius 1 is 1.50 bits per heavy atom. The third-order valence-corrected chi connectivity index (χ3v) is 2.83. The minimum Gasteiger partial charge on any atom is -0.378 e. The Labute approximate surface area is 72.7 Å². The molecule has 0 unspecified atom stereocenters. The van der Waals surface area contributed by atoms with Crippen molar-refractivity contribution in [2.75, 3.05) is 19.8 Å². The number of nitriles is 1. The van der Waals surface area contributed by atoms with E-state index in [1.807, 2.05) is 0 Å². The van der Waals surface area contributed by atoms with Gasteiger partial charge in [0.25, 0.3) is 0 Å². The molecule has 0 aromatic heterocycles. The third-order valence-electron chi connectivity index (χ3n) is 2.83. The molecule has 0 amide bonds. The molecule has 1 saturated carbocycles. The van der Waals surface area contributed by atoms with Crippen molar-refractivity contribution < 1.29 is 4.74 Å². The Kier molecular flexibility index (Phi) is 2.03. The van der Waals surface area contributed by atoms with E-state index in [-0.39, 0.29) is 5.41 Å². The molecule has 1 N–H and O–H groups in total. The molecule has 1 aliphatic carbocycles. The Morgan fingerprint density at radius 2 is 2.25 bits per heavy atom. The maximum Gasteiger partial charge on any atom is 0.116 e. The molecule has 3 heteroatoms. The SMILES string of the molecule is N#CC1(CNC2CCC2)COC1. The smallest absolute Gasteiger partial charge is 0.116 e. The first-order valence-corrected chi connectivity index (χ1v) is 4.57. The lowest BCUT2D eigenvalue weighted by Gasteiger charge is -2.38. The summed E-state index contributed by atoms with van der Waals surface area (Å²) in [4.78, 5) is 0. The standard InChI is InChI=1S/C9H14N2O/c10-4-9(6-12-7-9)5-11-8-2-1-3-8/h8,11H,1-3,5-7H2. The Bertz CT molecular complexity index is 201. The summed E-state index contributed by atoms with van der Waals surface area (Å²) in [7, 11) is 0. The maximum atomic E-state index is 8.87. The first-order valence-electron chi connectivity index (χ1n) is 4.57. The predicted molar refractivity (Wildman–Crippen MR) is 44.5 cm³/mol. The van der Waals surface area contributed by atoms with Gasteiger partial charge in [-0.2, -0.15) is 5.26 Å². The van der Waals surface area contributed by atoms with Crippen LogP contribution in [0.15, 0.2) is 0 Å². The fourth-order valence-electron chi connectivity index (χ4n) is 1.51. The molecule has 3 nitrogen and oxygen atoms in total. The van der Waals surface area contributed by atoms with Gasteiger partial charge in [-0.15, -0.1) is 0 Å². The number of nitrogens with one attached hydrogen (secondary N) is 1. The average Bonchev–Trinajstić information content (AvgIpc) is 1.91. The van der Waals surface area contributed by atoms with E-state index in [1.54, 1.807) is 0 Å². The molecule has 0 aromatic rings. The van der Waals surface area contributed by atoms with Crippen LogP contribution in [0.5, 0.6) is 0 Å². The summed E-state index contributed by atoms with van der Waals surface area (Å²) in [5.41, 5.74) is -0.199. The van der Waals surface area contributed by atoms with E-state index in [9.17, 15) is 0 Å². The molecule has 1 heterocycles. The quantitative estimate of drug-likeness (QED) is 0.670. The van der Waals surface area contributed by atoms with Crippen LogP contribution in [0.4, 0.5) is 0 Å². The van der Waals surface area contributed by atoms with Gasteiger partial charge in [-0.3, -0.25) is 0 Å². The highest BCUT2D eigenvalue weighted by molar-refractivity contribution is 5.05. The van der Waals surface area contributed by atoms with Gasteiger partial charge in [0.2, 0.25) is 0 Å². The molecule has 1 saturated heterocycles. The van der Waals surface area contributed by atoms with E-state index in [1.165, 1.54) is 19.3 Å². The van der Waals surface area contributed by atoms with Crippen LogP contribution in [0.1, 0.15) is 19.3 Å². The minimum atomic E-state index is -0.199. The van der Waals surface area contributed by atoms with Crippen molar-refractivity contribution in [1.29, 1.82) is 5.26 Å². The largest absolute Gasteiger partial charge is 0.378 e. The lowest BCUT2D eigenvalue weighted by atomic mass is 9.86. The maximum absolute atomic E-state index is 8.87. The highest BCUT2D eigenvalue weighted by Gasteiger charge is 2.39. The topological polar surface area (TPSA) is 45.0 Å². The van der Waals surface area contributed by atoms with Gasteiger partial charge < -0.3 is 10.1 Å². The molecule has 2 fully saturated rings. The molecule has 0 aromatic carbocycles. The first-order chi connectivity index (χ1) is 5.85. The number of hydrogen-bond donors (Lipinski definition) is 1. The highest BCUT2D eigenvalue weighted by atomic mass is 16.5. The van der Waals surface area contributed by atoms with Gasteiger partial charge in [0, 0.05) is 12.6 Å². The molecule has 66 valence electrons. The van der Waals surface area contributed by atoms with Crippen molar-refractivity contribution in [3.05, 3.63) is 0 Å². The summed E-state index contributed by atoms with van der Waals surface area (Å²) in [6, 6.07) is 3.01. The average molecular weight is 166 g/mol.